The molecule has 5 N–H and O–H groups in total. The second-order valence-electron chi connectivity index (χ2n) is 4.94. The fourth-order valence-electron chi connectivity index (χ4n) is 1.99. The van der Waals surface area contributed by atoms with Gasteiger partial charge >= 0.3 is 0 Å². The average molecular weight is 284 g/mol. The molecular weight excluding hydrogens is 264 g/mol. The second kappa shape index (κ2) is 5.36. The van der Waals surface area contributed by atoms with Crippen molar-refractivity contribution >= 4 is 21.4 Å². The summed E-state index contributed by atoms with van der Waals surface area (Å²) in [5.41, 5.74) is 6.47. The zero-order chi connectivity index (χ0) is 14.0. The van der Waals surface area contributed by atoms with Gasteiger partial charge in [0.15, 0.2) is 0 Å². The quantitative estimate of drug-likeness (QED) is 0.657. The molecule has 0 atom stereocenters. The second-order valence-corrected chi connectivity index (χ2v) is 6.47. The lowest BCUT2D eigenvalue weighted by atomic mass is 10.3. The smallest absolute Gasteiger partial charge is 0.240 e. The number of anilines is 2. The molecule has 1 aromatic rings. The molecule has 1 saturated carbocycles. The summed E-state index contributed by atoms with van der Waals surface area (Å²) in [5, 5.41) is 8.29. The van der Waals surface area contributed by atoms with Crippen LogP contribution in [0.25, 0.3) is 0 Å². The Morgan fingerprint density at radius 2 is 2.11 bits per heavy atom. The third kappa shape index (κ3) is 3.82. The molecule has 1 aliphatic rings. The molecule has 0 spiro atoms. The number of nitrogens with one attached hydrogen (secondary N) is 1. The highest BCUT2D eigenvalue weighted by atomic mass is 32.2. The highest BCUT2D eigenvalue weighted by molar-refractivity contribution is 7.89. The van der Waals surface area contributed by atoms with Gasteiger partial charge in [-0.2, -0.15) is 0 Å². The van der Waals surface area contributed by atoms with Crippen molar-refractivity contribution in [2.75, 3.05) is 31.2 Å². The number of nitrogens with two attached hydrogens (primary N) is 2. The van der Waals surface area contributed by atoms with Gasteiger partial charge < -0.3 is 16.0 Å². The van der Waals surface area contributed by atoms with Crippen molar-refractivity contribution in [2.24, 2.45) is 5.14 Å². The molecule has 19 heavy (non-hydrogen) atoms. The Hall–Kier alpha value is -1.31. The van der Waals surface area contributed by atoms with Gasteiger partial charge in [0.05, 0.1) is 5.69 Å². The van der Waals surface area contributed by atoms with Crippen molar-refractivity contribution in [3.63, 3.8) is 0 Å². The zero-order valence-electron chi connectivity index (χ0n) is 11.0. The van der Waals surface area contributed by atoms with Crippen LogP contribution in [0.1, 0.15) is 12.8 Å². The van der Waals surface area contributed by atoms with Crippen LogP contribution in [0.15, 0.2) is 23.1 Å². The van der Waals surface area contributed by atoms with E-state index in [1.54, 1.807) is 12.1 Å². The third-order valence-electron chi connectivity index (χ3n) is 3.26. The summed E-state index contributed by atoms with van der Waals surface area (Å²) in [6.45, 7) is 1.53. The summed E-state index contributed by atoms with van der Waals surface area (Å²) in [6.07, 6.45) is 2.50. The molecule has 1 fully saturated rings. The number of nitrogens with zero attached hydrogens (tertiary/aromatic N) is 1. The monoisotopic (exact) mass is 284 g/mol. The summed E-state index contributed by atoms with van der Waals surface area (Å²) in [6, 6.07) is 5.36. The first kappa shape index (κ1) is 14.1. The van der Waals surface area contributed by atoms with Crippen LogP contribution in [0.2, 0.25) is 0 Å². The van der Waals surface area contributed by atoms with Crippen LogP contribution in [-0.2, 0) is 10.0 Å². The lowest BCUT2D eigenvalue weighted by molar-refractivity contribution is 0.337. The molecule has 0 heterocycles. The standard InChI is InChI=1S/C12H20N4O2S/c1-16(10-3-4-10)7-6-15-11-5-2-9(13)8-12(11)19(14,17)18/h2,5,8,10,15H,3-4,6-7,13H2,1H3,(H2,14,17,18). The molecule has 0 aromatic heterocycles. The van der Waals surface area contributed by atoms with Crippen molar-refractivity contribution in [3.05, 3.63) is 18.2 Å². The first-order chi connectivity index (χ1) is 8.88. The van der Waals surface area contributed by atoms with Gasteiger partial charge in [0.1, 0.15) is 4.90 Å². The maximum atomic E-state index is 11.5. The molecule has 0 unspecified atom stereocenters. The summed E-state index contributed by atoms with van der Waals surface area (Å²) in [4.78, 5) is 2.31. The number of hydrogen-bond donors (Lipinski definition) is 3. The minimum atomic E-state index is -3.77. The SMILES string of the molecule is CN(CCNc1ccc(N)cc1S(N)(=O)=O)C1CC1. The van der Waals surface area contributed by atoms with Gasteiger partial charge in [-0.05, 0) is 38.1 Å². The van der Waals surface area contributed by atoms with Gasteiger partial charge in [-0.15, -0.1) is 0 Å². The predicted octanol–water partition coefficient (Wildman–Crippen LogP) is 0.422. The molecule has 6 nitrogen and oxygen atoms in total. The van der Waals surface area contributed by atoms with Gasteiger partial charge in [0.2, 0.25) is 10.0 Å². The van der Waals surface area contributed by atoms with E-state index in [9.17, 15) is 8.42 Å². The van der Waals surface area contributed by atoms with E-state index in [2.05, 4.69) is 17.3 Å². The van der Waals surface area contributed by atoms with E-state index in [1.165, 1.54) is 18.9 Å². The molecule has 0 bridgehead atoms. The summed E-state index contributed by atoms with van der Waals surface area (Å²) >= 11 is 0. The van der Waals surface area contributed by atoms with Crippen LogP contribution in [0.4, 0.5) is 11.4 Å². The molecule has 0 aliphatic heterocycles. The minimum Gasteiger partial charge on any atom is -0.399 e. The Bertz CT molecular complexity index is 555. The Morgan fingerprint density at radius 1 is 1.42 bits per heavy atom. The third-order valence-corrected chi connectivity index (χ3v) is 4.21. The predicted molar refractivity (Wildman–Crippen MR) is 76.4 cm³/mol. The van der Waals surface area contributed by atoms with Crippen molar-refractivity contribution in [1.29, 1.82) is 0 Å². The van der Waals surface area contributed by atoms with E-state index in [4.69, 9.17) is 10.9 Å². The molecule has 0 radical (unpaired) electrons. The largest absolute Gasteiger partial charge is 0.399 e. The number of likely N-dealkylation sites (N-methyl/N-ethyl adjacent to an activating group) is 1. The summed E-state index contributed by atoms with van der Waals surface area (Å²) in [7, 11) is -1.69. The van der Waals surface area contributed by atoms with Gasteiger partial charge in [0.25, 0.3) is 0 Å². The van der Waals surface area contributed by atoms with E-state index < -0.39 is 10.0 Å². The van der Waals surface area contributed by atoms with Gasteiger partial charge in [-0.1, -0.05) is 0 Å². The minimum absolute atomic E-state index is 0.0431. The maximum absolute atomic E-state index is 11.5. The Morgan fingerprint density at radius 3 is 2.68 bits per heavy atom. The molecule has 0 amide bonds. The van der Waals surface area contributed by atoms with Crippen LogP contribution >= 0.6 is 0 Å². The number of nitrogen functional groups attached to an aromatic ring is 1. The van der Waals surface area contributed by atoms with Crippen LogP contribution < -0.4 is 16.2 Å². The van der Waals surface area contributed by atoms with Crippen molar-refractivity contribution < 1.29 is 8.42 Å². The average Bonchev–Trinajstić information content (AvgIpc) is 3.13. The molecule has 106 valence electrons. The van der Waals surface area contributed by atoms with Gasteiger partial charge in [-0.3, -0.25) is 0 Å². The maximum Gasteiger partial charge on any atom is 0.240 e. The lowest BCUT2D eigenvalue weighted by Crippen LogP contribution is -2.27. The fourth-order valence-corrected chi connectivity index (χ4v) is 2.73. The van der Waals surface area contributed by atoms with Crippen LogP contribution in [-0.4, -0.2) is 39.5 Å². The summed E-state index contributed by atoms with van der Waals surface area (Å²) in [5.74, 6) is 0. The van der Waals surface area contributed by atoms with Crippen LogP contribution in [0.3, 0.4) is 0 Å². The fraction of sp³-hybridized carbons (Fsp3) is 0.500. The Labute approximate surface area is 113 Å². The number of rotatable bonds is 6. The molecule has 2 rings (SSSR count). The van der Waals surface area contributed by atoms with E-state index in [-0.39, 0.29) is 4.90 Å². The van der Waals surface area contributed by atoms with E-state index in [0.717, 1.165) is 6.54 Å². The number of benzene rings is 1. The Balaban J connectivity index is 2.03. The van der Waals surface area contributed by atoms with Crippen LogP contribution in [0, 0.1) is 0 Å². The first-order valence-electron chi connectivity index (χ1n) is 6.24. The molecular formula is C12H20N4O2S. The van der Waals surface area contributed by atoms with Gasteiger partial charge in [0, 0.05) is 24.8 Å². The Kier molecular flexibility index (Phi) is 3.98. The van der Waals surface area contributed by atoms with E-state index in [0.29, 0.717) is 24.0 Å². The summed E-state index contributed by atoms with van der Waals surface area (Å²) < 4.78 is 23.0. The molecule has 1 aromatic carbocycles. The van der Waals surface area contributed by atoms with Crippen molar-refractivity contribution in [1.82, 2.24) is 4.90 Å². The van der Waals surface area contributed by atoms with E-state index >= 15 is 0 Å². The molecule has 0 saturated heterocycles. The number of sulfonamides is 1. The normalized spacial score (nSPS) is 15.7. The highest BCUT2D eigenvalue weighted by Crippen LogP contribution is 2.25. The molecule has 1 aliphatic carbocycles. The van der Waals surface area contributed by atoms with Crippen molar-refractivity contribution in [3.8, 4) is 0 Å². The lowest BCUT2D eigenvalue weighted by Gasteiger charge is -2.17. The van der Waals surface area contributed by atoms with Crippen molar-refractivity contribution in [2.45, 2.75) is 23.8 Å². The topological polar surface area (TPSA) is 101 Å². The number of primary sulfonamides is 1. The highest BCUT2D eigenvalue weighted by Gasteiger charge is 2.25. The van der Waals surface area contributed by atoms with Gasteiger partial charge in [-0.25, -0.2) is 13.6 Å². The number of hydrogen-bond acceptors (Lipinski definition) is 5. The van der Waals surface area contributed by atoms with Crippen LogP contribution in [0.5, 0.6) is 0 Å². The van der Waals surface area contributed by atoms with E-state index in [1.807, 2.05) is 0 Å². The first-order valence-corrected chi connectivity index (χ1v) is 7.79. The molecule has 7 heteroatoms. The zero-order valence-corrected chi connectivity index (χ0v) is 11.8.